The van der Waals surface area contributed by atoms with E-state index in [1.807, 2.05) is 6.07 Å². The van der Waals surface area contributed by atoms with E-state index in [0.717, 1.165) is 19.6 Å². The van der Waals surface area contributed by atoms with Gasteiger partial charge in [0.25, 0.3) is 5.91 Å². The number of rotatable bonds is 8. The number of aryl methyl sites for hydroxylation is 1. The Hall–Kier alpha value is -3.43. The number of hydrogen-bond donors (Lipinski definition) is 0. The minimum Gasteiger partial charge on any atom is -0.457 e. The van der Waals surface area contributed by atoms with Crippen LogP contribution in [0.25, 0.3) is 0 Å². The third-order valence-corrected chi connectivity index (χ3v) is 7.60. The highest BCUT2D eigenvalue weighted by molar-refractivity contribution is 7.90. The van der Waals surface area contributed by atoms with Crippen LogP contribution < -0.4 is 0 Å². The molecule has 4 rings (SSSR count). The molecule has 35 heavy (non-hydrogen) atoms. The maximum atomic E-state index is 12.6. The van der Waals surface area contributed by atoms with Crippen molar-refractivity contribution in [3.05, 3.63) is 89.4 Å². The molecule has 1 saturated heterocycles. The van der Waals surface area contributed by atoms with Crippen LogP contribution in [0, 0.1) is 6.92 Å². The standard InChI is InChI=1S/C26H28N2O6S/c1-20-6-5-7-21(16-20)17-27-11-13-28(14-12-27)24(29)18-34-26(30)25-22(10-15-33-25)19-35(31,32)23-8-3-2-4-9-23/h2-10,15-16H,11-14,17-19H2,1H3. The monoisotopic (exact) mass is 496 g/mol. The number of carbonyl (C=O) groups excluding carboxylic acids is 2. The van der Waals surface area contributed by atoms with Crippen molar-refractivity contribution in [1.29, 1.82) is 0 Å². The maximum absolute atomic E-state index is 12.6. The molecule has 0 spiro atoms. The lowest BCUT2D eigenvalue weighted by Gasteiger charge is -2.34. The van der Waals surface area contributed by atoms with Crippen molar-refractivity contribution in [1.82, 2.24) is 9.80 Å². The average molecular weight is 497 g/mol. The molecule has 1 aromatic heterocycles. The molecular weight excluding hydrogens is 468 g/mol. The number of ether oxygens (including phenoxy) is 1. The molecule has 8 nitrogen and oxygen atoms in total. The lowest BCUT2D eigenvalue weighted by Crippen LogP contribution is -2.49. The summed E-state index contributed by atoms with van der Waals surface area (Å²) in [6, 6.07) is 17.8. The Labute approximate surface area is 205 Å². The van der Waals surface area contributed by atoms with Gasteiger partial charge in [-0.1, -0.05) is 48.0 Å². The zero-order chi connectivity index (χ0) is 24.8. The molecule has 184 valence electrons. The fraction of sp³-hybridized carbons (Fsp3) is 0.308. The largest absolute Gasteiger partial charge is 0.457 e. The van der Waals surface area contributed by atoms with Crippen LogP contribution in [0.15, 0.2) is 76.2 Å². The van der Waals surface area contributed by atoms with Crippen LogP contribution in [0.2, 0.25) is 0 Å². The molecule has 1 amide bonds. The maximum Gasteiger partial charge on any atom is 0.375 e. The minimum absolute atomic E-state index is 0.150. The first-order valence-electron chi connectivity index (χ1n) is 11.4. The van der Waals surface area contributed by atoms with Crippen LogP contribution >= 0.6 is 0 Å². The van der Waals surface area contributed by atoms with Gasteiger partial charge >= 0.3 is 5.97 Å². The van der Waals surface area contributed by atoms with Gasteiger partial charge in [-0.15, -0.1) is 0 Å². The Morgan fingerprint density at radius 1 is 0.971 bits per heavy atom. The second-order valence-corrected chi connectivity index (χ2v) is 10.6. The number of esters is 1. The number of amides is 1. The summed E-state index contributed by atoms with van der Waals surface area (Å²) in [6.45, 7) is 5.01. The summed E-state index contributed by atoms with van der Waals surface area (Å²) in [7, 11) is -3.67. The Morgan fingerprint density at radius 2 is 1.71 bits per heavy atom. The van der Waals surface area contributed by atoms with Gasteiger partial charge in [-0.3, -0.25) is 9.69 Å². The van der Waals surface area contributed by atoms with E-state index in [1.54, 1.807) is 23.1 Å². The summed E-state index contributed by atoms with van der Waals surface area (Å²) in [5.41, 5.74) is 2.65. The van der Waals surface area contributed by atoms with Crippen LogP contribution in [0.3, 0.4) is 0 Å². The Balaban J connectivity index is 1.27. The molecule has 3 aromatic rings. The lowest BCUT2D eigenvalue weighted by molar-refractivity contribution is -0.136. The molecule has 0 saturated carbocycles. The van der Waals surface area contributed by atoms with Crippen LogP contribution in [0.4, 0.5) is 0 Å². The number of piperazine rings is 1. The highest BCUT2D eigenvalue weighted by Crippen LogP contribution is 2.20. The van der Waals surface area contributed by atoms with Gasteiger partial charge in [0, 0.05) is 38.3 Å². The van der Waals surface area contributed by atoms with Crippen molar-refractivity contribution in [3.8, 4) is 0 Å². The summed E-state index contributed by atoms with van der Waals surface area (Å²) < 4.78 is 35.7. The van der Waals surface area contributed by atoms with Crippen LogP contribution in [0.1, 0.15) is 27.2 Å². The second kappa shape index (κ2) is 10.9. The van der Waals surface area contributed by atoms with E-state index >= 15 is 0 Å². The number of hydrogen-bond acceptors (Lipinski definition) is 7. The summed E-state index contributed by atoms with van der Waals surface area (Å²) in [6.07, 6.45) is 1.24. The molecule has 0 N–H and O–H groups in total. The molecular formula is C26H28N2O6S. The van der Waals surface area contributed by atoms with Crippen molar-refractivity contribution in [2.75, 3.05) is 32.8 Å². The normalized spacial score (nSPS) is 14.6. The van der Waals surface area contributed by atoms with Gasteiger partial charge in [-0.05, 0) is 30.7 Å². The quantitative estimate of drug-likeness (QED) is 0.442. The van der Waals surface area contributed by atoms with Gasteiger partial charge in [0.05, 0.1) is 16.9 Å². The number of nitrogens with zero attached hydrogens (tertiary/aromatic N) is 2. The van der Waals surface area contributed by atoms with E-state index in [-0.39, 0.29) is 22.1 Å². The molecule has 0 bridgehead atoms. The first-order valence-corrected chi connectivity index (χ1v) is 13.0. The Kier molecular flexibility index (Phi) is 7.67. The Morgan fingerprint density at radius 3 is 2.43 bits per heavy atom. The van der Waals surface area contributed by atoms with Gasteiger partial charge in [0.1, 0.15) is 0 Å². The van der Waals surface area contributed by atoms with Gasteiger partial charge in [-0.25, -0.2) is 13.2 Å². The Bertz CT molecular complexity index is 1280. The summed E-state index contributed by atoms with van der Waals surface area (Å²) in [5.74, 6) is -1.77. The topological polar surface area (TPSA) is 97.1 Å². The summed E-state index contributed by atoms with van der Waals surface area (Å²) >= 11 is 0. The van der Waals surface area contributed by atoms with Crippen molar-refractivity contribution in [3.63, 3.8) is 0 Å². The van der Waals surface area contributed by atoms with E-state index in [4.69, 9.17) is 9.15 Å². The molecule has 0 atom stereocenters. The van der Waals surface area contributed by atoms with Crippen molar-refractivity contribution in [2.24, 2.45) is 0 Å². The van der Waals surface area contributed by atoms with E-state index < -0.39 is 28.2 Å². The van der Waals surface area contributed by atoms with Crippen molar-refractivity contribution >= 4 is 21.7 Å². The highest BCUT2D eigenvalue weighted by Gasteiger charge is 2.26. The van der Waals surface area contributed by atoms with E-state index in [9.17, 15) is 18.0 Å². The van der Waals surface area contributed by atoms with Gasteiger partial charge in [0.2, 0.25) is 5.76 Å². The lowest BCUT2D eigenvalue weighted by atomic mass is 10.1. The van der Waals surface area contributed by atoms with E-state index in [1.165, 1.54) is 35.6 Å². The molecule has 2 aromatic carbocycles. The van der Waals surface area contributed by atoms with Crippen LogP contribution in [-0.2, 0) is 31.7 Å². The smallest absolute Gasteiger partial charge is 0.375 e. The molecule has 0 unspecified atom stereocenters. The third kappa shape index (κ3) is 6.37. The first-order chi connectivity index (χ1) is 16.8. The fourth-order valence-corrected chi connectivity index (χ4v) is 5.43. The summed E-state index contributed by atoms with van der Waals surface area (Å²) in [5, 5.41) is 0. The molecule has 1 fully saturated rings. The van der Waals surface area contributed by atoms with Gasteiger partial charge in [-0.2, -0.15) is 0 Å². The fourth-order valence-electron chi connectivity index (χ4n) is 4.05. The predicted molar refractivity (Wildman–Crippen MR) is 129 cm³/mol. The van der Waals surface area contributed by atoms with Gasteiger partial charge in [0.15, 0.2) is 16.4 Å². The molecule has 0 aliphatic carbocycles. The third-order valence-electron chi connectivity index (χ3n) is 5.92. The summed E-state index contributed by atoms with van der Waals surface area (Å²) in [4.78, 5) is 29.2. The van der Waals surface area contributed by atoms with E-state index in [0.29, 0.717) is 13.1 Å². The van der Waals surface area contributed by atoms with E-state index in [2.05, 4.69) is 30.0 Å². The molecule has 1 aliphatic rings. The number of sulfone groups is 1. The minimum atomic E-state index is -3.67. The van der Waals surface area contributed by atoms with Crippen LogP contribution in [0.5, 0.6) is 0 Å². The molecule has 0 radical (unpaired) electrons. The first kappa shape index (κ1) is 24.7. The zero-order valence-corrected chi connectivity index (χ0v) is 20.4. The van der Waals surface area contributed by atoms with Crippen molar-refractivity contribution < 1.29 is 27.2 Å². The van der Waals surface area contributed by atoms with Crippen molar-refractivity contribution in [2.45, 2.75) is 24.1 Å². The molecule has 2 heterocycles. The zero-order valence-electron chi connectivity index (χ0n) is 19.6. The average Bonchev–Trinajstić information content (AvgIpc) is 3.31. The number of carbonyl (C=O) groups is 2. The highest BCUT2D eigenvalue weighted by atomic mass is 32.2. The van der Waals surface area contributed by atoms with Crippen LogP contribution in [-0.4, -0.2) is 62.9 Å². The van der Waals surface area contributed by atoms with Gasteiger partial charge < -0.3 is 14.1 Å². The SMILES string of the molecule is Cc1cccc(CN2CCN(C(=O)COC(=O)c3occc3CS(=O)(=O)c3ccccc3)CC2)c1. The molecule has 1 aliphatic heterocycles. The number of furan rings is 1. The number of benzene rings is 2. The predicted octanol–water partition coefficient (Wildman–Crippen LogP) is 3.06. The second-order valence-electron chi connectivity index (χ2n) is 8.57. The molecule has 9 heteroatoms.